The average Bonchev–Trinajstić information content (AvgIpc) is 3.68. The van der Waals surface area contributed by atoms with Gasteiger partial charge >= 0.3 is 5.97 Å². The zero-order valence-corrected chi connectivity index (χ0v) is 22.8. The maximum absolute atomic E-state index is 13.2. The third-order valence-electron chi connectivity index (χ3n) is 7.76. The van der Waals surface area contributed by atoms with Crippen molar-refractivity contribution in [1.29, 1.82) is 0 Å². The van der Waals surface area contributed by atoms with Crippen LogP contribution in [0.1, 0.15) is 51.2 Å². The Hall–Kier alpha value is -2.58. The van der Waals surface area contributed by atoms with Crippen molar-refractivity contribution in [2.24, 2.45) is 23.7 Å². The summed E-state index contributed by atoms with van der Waals surface area (Å²) in [5.41, 5.74) is 0.758. The largest absolute Gasteiger partial charge is 0.493 e. The second kappa shape index (κ2) is 11.4. The first kappa shape index (κ1) is 26.0. The minimum absolute atomic E-state index is 0.121. The molecule has 2 aromatic rings. The highest BCUT2D eigenvalue weighted by Gasteiger charge is 2.41. The number of carbonyl (C=O) groups excluding carboxylic acids is 2. The Balaban J connectivity index is 1.24. The van der Waals surface area contributed by atoms with Gasteiger partial charge in [0.1, 0.15) is 11.5 Å². The number of esters is 1. The van der Waals surface area contributed by atoms with E-state index in [-0.39, 0.29) is 24.9 Å². The Labute approximate surface area is 227 Å². The second-order valence-electron chi connectivity index (χ2n) is 10.0. The smallest absolute Gasteiger partial charge is 0.344 e. The maximum Gasteiger partial charge on any atom is 0.344 e. The third-order valence-corrected chi connectivity index (χ3v) is 9.32. The highest BCUT2D eigenvalue weighted by atomic mass is 32.2. The molecule has 5 rings (SSSR count). The van der Waals surface area contributed by atoms with Crippen LogP contribution >= 0.6 is 24.0 Å². The molecule has 0 N–H and O–H groups in total. The van der Waals surface area contributed by atoms with Crippen LogP contribution in [0.2, 0.25) is 0 Å². The van der Waals surface area contributed by atoms with E-state index in [1.807, 2.05) is 18.2 Å². The van der Waals surface area contributed by atoms with Crippen molar-refractivity contribution in [3.63, 3.8) is 0 Å². The van der Waals surface area contributed by atoms with Gasteiger partial charge in [-0.1, -0.05) is 30.4 Å². The molecule has 1 saturated heterocycles. The van der Waals surface area contributed by atoms with Gasteiger partial charge in [-0.25, -0.2) is 4.79 Å². The molecule has 4 atom stereocenters. The van der Waals surface area contributed by atoms with Crippen molar-refractivity contribution in [2.75, 3.05) is 20.3 Å². The van der Waals surface area contributed by atoms with Gasteiger partial charge in [0.15, 0.2) is 23.9 Å². The number of thioether (sulfide) groups is 1. The number of allylic oxidation sites excluding steroid dienone is 1. The number of ether oxygens (including phenoxy) is 3. The Morgan fingerprint density at radius 3 is 2.76 bits per heavy atom. The summed E-state index contributed by atoms with van der Waals surface area (Å²) in [7, 11) is 1.54. The molecule has 2 aliphatic carbocycles. The molecule has 6 nitrogen and oxygen atoms in total. The molecule has 2 bridgehead atoms. The lowest BCUT2D eigenvalue weighted by atomic mass is 9.83. The summed E-state index contributed by atoms with van der Waals surface area (Å²) in [5, 5.41) is 0. The van der Waals surface area contributed by atoms with Crippen molar-refractivity contribution in [2.45, 2.75) is 45.4 Å². The summed E-state index contributed by atoms with van der Waals surface area (Å²) in [6.07, 6.45) is 9.25. The van der Waals surface area contributed by atoms with Gasteiger partial charge < -0.3 is 18.6 Å². The fraction of sp³-hybridized carbons (Fsp3) is 0.483. The minimum atomic E-state index is -0.452. The first-order valence-electron chi connectivity index (χ1n) is 13.0. The van der Waals surface area contributed by atoms with Crippen molar-refractivity contribution in [3.05, 3.63) is 41.0 Å². The predicted octanol–water partition coefficient (Wildman–Crippen LogP) is 6.71. The summed E-state index contributed by atoms with van der Waals surface area (Å²) < 4.78 is 22.7. The lowest BCUT2D eigenvalue weighted by molar-refractivity contribution is -0.145. The van der Waals surface area contributed by atoms with Gasteiger partial charge in [-0.05, 0) is 93.2 Å². The molecule has 2 heterocycles. The molecule has 8 heteroatoms. The van der Waals surface area contributed by atoms with Gasteiger partial charge in [0.25, 0.3) is 0 Å². The average molecular weight is 541 g/mol. The van der Waals surface area contributed by atoms with E-state index in [1.165, 1.54) is 44.6 Å². The number of hydrogen-bond donors (Lipinski definition) is 0. The summed E-state index contributed by atoms with van der Waals surface area (Å²) >= 11 is 7.01. The molecule has 0 spiro atoms. The lowest BCUT2D eigenvalue weighted by Crippen LogP contribution is -2.17. The molecule has 196 valence electrons. The normalized spacial score (nSPS) is 25.7. The van der Waals surface area contributed by atoms with E-state index in [9.17, 15) is 9.59 Å². The highest BCUT2D eigenvalue weighted by molar-refractivity contribution is 8.27. The SMILES string of the molecule is CCOC(=O)COc1cc(-c2ccc(C=C3SC(=S)C(CCC4CC5CCC4C5)C3=O)o2)ccc1OC. The Bertz CT molecular complexity index is 1210. The summed E-state index contributed by atoms with van der Waals surface area (Å²) in [6, 6.07) is 9.04. The van der Waals surface area contributed by atoms with E-state index in [0.717, 1.165) is 40.4 Å². The monoisotopic (exact) mass is 540 g/mol. The van der Waals surface area contributed by atoms with Crippen molar-refractivity contribution < 1.29 is 28.2 Å². The number of fused-ring (bicyclic) bond motifs is 2. The third kappa shape index (κ3) is 5.80. The Morgan fingerprint density at radius 1 is 1.16 bits per heavy atom. The number of ketones is 1. The van der Waals surface area contributed by atoms with E-state index >= 15 is 0 Å². The lowest BCUT2D eigenvalue weighted by Gasteiger charge is -2.22. The highest BCUT2D eigenvalue weighted by Crippen LogP contribution is 2.51. The van der Waals surface area contributed by atoms with Gasteiger partial charge in [-0.15, -0.1) is 0 Å². The molecule has 0 amide bonds. The predicted molar refractivity (Wildman–Crippen MR) is 148 cm³/mol. The van der Waals surface area contributed by atoms with Crippen LogP contribution < -0.4 is 9.47 Å². The molecule has 3 aliphatic rings. The van der Waals surface area contributed by atoms with E-state index in [4.69, 9.17) is 30.8 Å². The number of benzene rings is 1. The standard InChI is InChI=1S/C29H32O6S2/c1-3-33-27(30)16-34-25-14-20(7-10-24(25)32-2)23-11-8-21(35-23)15-26-28(31)22(29(36)37-26)9-6-19-13-17-4-5-18(19)12-17/h7-8,10-11,14-15,17-19,22H,3-6,9,12-13,16H2,1-2H3. The fourth-order valence-corrected chi connectivity index (χ4v) is 7.46. The van der Waals surface area contributed by atoms with Crippen LogP contribution in [0.3, 0.4) is 0 Å². The molecule has 3 fully saturated rings. The fourth-order valence-electron chi connectivity index (χ4n) is 5.97. The minimum Gasteiger partial charge on any atom is -0.493 e. The van der Waals surface area contributed by atoms with Crippen LogP contribution in [-0.2, 0) is 14.3 Å². The zero-order valence-electron chi connectivity index (χ0n) is 21.2. The Morgan fingerprint density at radius 2 is 2.03 bits per heavy atom. The van der Waals surface area contributed by atoms with Crippen LogP contribution in [0.15, 0.2) is 39.7 Å². The molecule has 1 aromatic heterocycles. The van der Waals surface area contributed by atoms with Crippen molar-refractivity contribution in [3.8, 4) is 22.8 Å². The van der Waals surface area contributed by atoms with Gasteiger partial charge in [0.2, 0.25) is 0 Å². The van der Waals surface area contributed by atoms with Crippen LogP contribution in [-0.4, -0.2) is 36.3 Å². The zero-order chi connectivity index (χ0) is 25.9. The summed E-state index contributed by atoms with van der Waals surface area (Å²) in [6.45, 7) is 1.82. The van der Waals surface area contributed by atoms with Crippen LogP contribution in [0.4, 0.5) is 0 Å². The molecule has 37 heavy (non-hydrogen) atoms. The summed E-state index contributed by atoms with van der Waals surface area (Å²) in [4.78, 5) is 25.5. The number of hydrogen-bond acceptors (Lipinski definition) is 8. The summed E-state index contributed by atoms with van der Waals surface area (Å²) in [5.74, 6) is 4.18. The topological polar surface area (TPSA) is 75.0 Å². The number of furan rings is 1. The number of methoxy groups -OCH3 is 1. The van der Waals surface area contributed by atoms with E-state index in [2.05, 4.69) is 0 Å². The number of rotatable bonds is 10. The molecule has 1 aliphatic heterocycles. The second-order valence-corrected chi connectivity index (χ2v) is 11.8. The van der Waals surface area contributed by atoms with Gasteiger partial charge in [0.05, 0.1) is 28.7 Å². The van der Waals surface area contributed by atoms with Crippen LogP contribution in [0.5, 0.6) is 11.5 Å². The van der Waals surface area contributed by atoms with E-state index < -0.39 is 5.97 Å². The van der Waals surface area contributed by atoms with Crippen molar-refractivity contribution in [1.82, 2.24) is 0 Å². The van der Waals surface area contributed by atoms with Gasteiger partial charge in [-0.3, -0.25) is 4.79 Å². The maximum atomic E-state index is 13.2. The van der Waals surface area contributed by atoms with Crippen LogP contribution in [0, 0.1) is 23.7 Å². The van der Waals surface area contributed by atoms with Gasteiger partial charge in [-0.2, -0.15) is 0 Å². The molecular weight excluding hydrogens is 508 g/mol. The molecule has 2 saturated carbocycles. The quantitative estimate of drug-likeness (QED) is 0.187. The number of carbonyl (C=O) groups is 2. The molecular formula is C29H32O6S2. The Kier molecular flexibility index (Phi) is 8.05. The molecule has 1 aromatic carbocycles. The van der Waals surface area contributed by atoms with Gasteiger partial charge in [0, 0.05) is 5.56 Å². The first-order chi connectivity index (χ1) is 17.9. The number of thiocarbonyl (C=S) groups is 1. The van der Waals surface area contributed by atoms with E-state index in [0.29, 0.717) is 27.9 Å². The van der Waals surface area contributed by atoms with Crippen LogP contribution in [0.25, 0.3) is 17.4 Å². The first-order valence-corrected chi connectivity index (χ1v) is 14.2. The molecule has 0 radical (unpaired) electrons. The van der Waals surface area contributed by atoms with Crippen molar-refractivity contribution >= 4 is 46.0 Å². The molecule has 4 unspecified atom stereocenters. The van der Waals surface area contributed by atoms with E-state index in [1.54, 1.807) is 25.1 Å². The number of Topliss-reactive ketones (excluding diaryl/α,β-unsaturated/α-hetero) is 1.